The van der Waals surface area contributed by atoms with Crippen molar-refractivity contribution in [2.24, 2.45) is 0 Å². The lowest BCUT2D eigenvalue weighted by Gasteiger charge is -2.09. The van der Waals surface area contributed by atoms with Crippen LogP contribution in [0.2, 0.25) is 0 Å². The second kappa shape index (κ2) is 10.6. The molecule has 11 heteroatoms. The minimum atomic E-state index is -4.33. The molecule has 0 fully saturated rings. The average Bonchev–Trinajstić information content (AvgIpc) is 2.83. The lowest BCUT2D eigenvalue weighted by atomic mass is 10.1. The van der Waals surface area contributed by atoms with Gasteiger partial charge in [0, 0.05) is 17.8 Å². The maximum Gasteiger partial charge on any atom is 0.339 e. The first kappa shape index (κ1) is 24.4. The normalized spacial score (nSPS) is 10.9. The van der Waals surface area contributed by atoms with E-state index in [0.717, 1.165) is 30.2 Å². The minimum Gasteiger partial charge on any atom is -0.452 e. The van der Waals surface area contributed by atoms with Crippen molar-refractivity contribution in [2.45, 2.75) is 18.2 Å². The van der Waals surface area contributed by atoms with Crippen LogP contribution in [-0.4, -0.2) is 31.8 Å². The Bertz CT molecular complexity index is 1300. The van der Waals surface area contributed by atoms with Crippen LogP contribution in [0.4, 0.5) is 11.4 Å². The summed E-state index contributed by atoms with van der Waals surface area (Å²) in [7, 11) is -4.33. The number of hydrogen-bond donors (Lipinski definition) is 1. The van der Waals surface area contributed by atoms with E-state index in [1.807, 2.05) is 19.1 Å². The highest BCUT2D eigenvalue weighted by atomic mass is 32.2. The fraction of sp³-hybridized carbons (Fsp3) is 0.130. The summed E-state index contributed by atoms with van der Waals surface area (Å²) in [6.07, 6.45) is 0.871. The molecule has 3 aromatic carbocycles. The molecule has 0 saturated carbocycles. The molecule has 0 heterocycles. The molecule has 0 unspecified atom stereocenters. The molecule has 10 nitrogen and oxygen atoms in total. The molecule has 3 rings (SSSR count). The number of rotatable bonds is 9. The number of esters is 1. The number of benzene rings is 3. The Kier molecular flexibility index (Phi) is 7.59. The number of anilines is 1. The summed E-state index contributed by atoms with van der Waals surface area (Å²) in [5.41, 5.74) is 1.37. The van der Waals surface area contributed by atoms with Gasteiger partial charge in [-0.15, -0.1) is 0 Å². The van der Waals surface area contributed by atoms with E-state index in [4.69, 9.17) is 8.92 Å². The van der Waals surface area contributed by atoms with Crippen LogP contribution >= 0.6 is 0 Å². The Morgan fingerprint density at radius 3 is 2.29 bits per heavy atom. The maximum atomic E-state index is 12.4. The molecule has 3 aromatic rings. The lowest BCUT2D eigenvalue weighted by molar-refractivity contribution is -0.385. The van der Waals surface area contributed by atoms with Gasteiger partial charge in [0.25, 0.3) is 11.6 Å². The standard InChI is InChI=1S/C23H20N2O8S/c1-2-16-6-10-18(11-7-16)24-22(26)15-32-23(27)17-8-12-20(13-9-17)33-34(30,31)21-5-3-4-19(14-21)25(28)29/h3-14H,2,15H2,1H3,(H,24,26). The lowest BCUT2D eigenvalue weighted by Crippen LogP contribution is -2.20. The monoisotopic (exact) mass is 484 g/mol. The van der Waals surface area contributed by atoms with Crippen LogP contribution in [0.3, 0.4) is 0 Å². The fourth-order valence-electron chi connectivity index (χ4n) is 2.81. The second-order valence-electron chi connectivity index (χ2n) is 6.99. The third-order valence-corrected chi connectivity index (χ3v) is 5.84. The third-order valence-electron chi connectivity index (χ3n) is 4.59. The van der Waals surface area contributed by atoms with Gasteiger partial charge in [0.15, 0.2) is 6.61 Å². The molecule has 176 valence electrons. The number of amides is 1. The van der Waals surface area contributed by atoms with Crippen LogP contribution in [0.1, 0.15) is 22.8 Å². The average molecular weight is 484 g/mol. The molecule has 0 aliphatic rings. The van der Waals surface area contributed by atoms with Crippen LogP contribution in [0.5, 0.6) is 5.75 Å². The van der Waals surface area contributed by atoms with E-state index in [-0.39, 0.29) is 16.2 Å². The van der Waals surface area contributed by atoms with Crippen LogP contribution in [0, 0.1) is 10.1 Å². The number of nitro groups is 1. The van der Waals surface area contributed by atoms with Crippen molar-refractivity contribution in [1.82, 2.24) is 0 Å². The van der Waals surface area contributed by atoms with Gasteiger partial charge in [0.1, 0.15) is 10.6 Å². The molecule has 1 N–H and O–H groups in total. The van der Waals surface area contributed by atoms with Crippen LogP contribution in [-0.2, 0) is 26.1 Å². The summed E-state index contributed by atoms with van der Waals surface area (Å²) in [4.78, 5) is 33.9. The van der Waals surface area contributed by atoms with Crippen molar-refractivity contribution >= 4 is 33.4 Å². The van der Waals surface area contributed by atoms with E-state index in [0.29, 0.717) is 5.69 Å². The number of nitrogens with zero attached hydrogens (tertiary/aromatic N) is 1. The SMILES string of the molecule is CCc1ccc(NC(=O)COC(=O)c2ccc(OS(=O)(=O)c3cccc([N+](=O)[O-])c3)cc2)cc1. The highest BCUT2D eigenvalue weighted by Gasteiger charge is 2.20. The van der Waals surface area contributed by atoms with Gasteiger partial charge in [-0.05, 0) is 54.4 Å². The van der Waals surface area contributed by atoms with Gasteiger partial charge in [0.2, 0.25) is 0 Å². The molecule has 0 bridgehead atoms. The Morgan fingerprint density at radius 2 is 1.68 bits per heavy atom. The zero-order valence-electron chi connectivity index (χ0n) is 18.0. The second-order valence-corrected chi connectivity index (χ2v) is 8.54. The van der Waals surface area contributed by atoms with Gasteiger partial charge < -0.3 is 14.2 Å². The summed E-state index contributed by atoms with van der Waals surface area (Å²) in [5, 5.41) is 13.5. The zero-order chi connectivity index (χ0) is 24.7. The molecule has 0 atom stereocenters. The highest BCUT2D eigenvalue weighted by Crippen LogP contribution is 2.22. The first-order valence-corrected chi connectivity index (χ1v) is 11.4. The third kappa shape index (κ3) is 6.39. The van der Waals surface area contributed by atoms with Crippen molar-refractivity contribution in [3.63, 3.8) is 0 Å². The van der Waals surface area contributed by atoms with Crippen molar-refractivity contribution in [2.75, 3.05) is 11.9 Å². The Labute approximate surface area is 195 Å². The molecule has 0 radical (unpaired) electrons. The number of ether oxygens (including phenoxy) is 1. The van der Waals surface area contributed by atoms with E-state index in [1.165, 1.54) is 30.3 Å². The van der Waals surface area contributed by atoms with E-state index < -0.39 is 39.2 Å². The summed E-state index contributed by atoms with van der Waals surface area (Å²) in [5.74, 6) is -1.42. The quantitative estimate of drug-likeness (QED) is 0.210. The predicted molar refractivity (Wildman–Crippen MR) is 122 cm³/mol. The first-order chi connectivity index (χ1) is 16.2. The molecule has 0 aliphatic heterocycles. The van der Waals surface area contributed by atoms with Crippen molar-refractivity contribution in [1.29, 1.82) is 0 Å². The minimum absolute atomic E-state index is 0.0696. The summed E-state index contributed by atoms with van der Waals surface area (Å²) >= 11 is 0. The topological polar surface area (TPSA) is 142 Å². The molecule has 34 heavy (non-hydrogen) atoms. The highest BCUT2D eigenvalue weighted by molar-refractivity contribution is 7.87. The van der Waals surface area contributed by atoms with E-state index in [1.54, 1.807) is 12.1 Å². The fourth-order valence-corrected chi connectivity index (χ4v) is 3.78. The summed E-state index contributed by atoms with van der Waals surface area (Å²) in [6, 6.07) is 16.7. The summed E-state index contributed by atoms with van der Waals surface area (Å²) in [6.45, 7) is 1.51. The van der Waals surface area contributed by atoms with Crippen LogP contribution < -0.4 is 9.50 Å². The molecule has 0 aromatic heterocycles. The van der Waals surface area contributed by atoms with Gasteiger partial charge in [0.05, 0.1) is 10.5 Å². The molecular formula is C23H20N2O8S. The zero-order valence-corrected chi connectivity index (χ0v) is 18.8. The number of aryl methyl sites for hydroxylation is 1. The van der Waals surface area contributed by atoms with Gasteiger partial charge in [-0.3, -0.25) is 14.9 Å². The van der Waals surface area contributed by atoms with Gasteiger partial charge in [-0.25, -0.2) is 4.79 Å². The maximum absolute atomic E-state index is 12.4. The Hall–Kier alpha value is -4.25. The number of nitrogens with one attached hydrogen (secondary N) is 1. The number of non-ortho nitro benzene ring substituents is 1. The van der Waals surface area contributed by atoms with Gasteiger partial charge in [-0.2, -0.15) is 8.42 Å². The number of hydrogen-bond acceptors (Lipinski definition) is 8. The molecule has 0 saturated heterocycles. The van der Waals surface area contributed by atoms with Crippen molar-refractivity contribution < 1.29 is 31.9 Å². The van der Waals surface area contributed by atoms with E-state index in [9.17, 15) is 28.1 Å². The number of carbonyl (C=O) groups is 2. The Balaban J connectivity index is 1.57. The molecule has 1 amide bonds. The number of carbonyl (C=O) groups excluding carboxylic acids is 2. The van der Waals surface area contributed by atoms with Crippen LogP contribution in [0.25, 0.3) is 0 Å². The Morgan fingerprint density at radius 1 is 1.00 bits per heavy atom. The van der Waals surface area contributed by atoms with Crippen molar-refractivity contribution in [3.05, 3.63) is 94.0 Å². The molecule has 0 spiro atoms. The first-order valence-electron chi connectivity index (χ1n) is 10.0. The summed E-state index contributed by atoms with van der Waals surface area (Å²) < 4.78 is 34.7. The van der Waals surface area contributed by atoms with Gasteiger partial charge in [-0.1, -0.05) is 25.1 Å². The van der Waals surface area contributed by atoms with Crippen molar-refractivity contribution in [3.8, 4) is 5.75 Å². The predicted octanol–water partition coefficient (Wildman–Crippen LogP) is 3.72. The van der Waals surface area contributed by atoms with E-state index >= 15 is 0 Å². The molecular weight excluding hydrogens is 464 g/mol. The largest absolute Gasteiger partial charge is 0.452 e. The smallest absolute Gasteiger partial charge is 0.339 e. The van der Waals surface area contributed by atoms with E-state index in [2.05, 4.69) is 5.32 Å². The molecule has 0 aliphatic carbocycles. The van der Waals surface area contributed by atoms with Gasteiger partial charge >= 0.3 is 16.1 Å². The number of nitro benzene ring substituents is 1. The van der Waals surface area contributed by atoms with Crippen LogP contribution in [0.15, 0.2) is 77.7 Å².